The summed E-state index contributed by atoms with van der Waals surface area (Å²) in [6.45, 7) is 1.66. The predicted octanol–water partition coefficient (Wildman–Crippen LogP) is 0.402. The topological polar surface area (TPSA) is 51.5 Å². The molecule has 0 atom stereocenters. The van der Waals surface area contributed by atoms with Crippen molar-refractivity contribution < 1.29 is 9.63 Å². The lowest BCUT2D eigenvalue weighted by Gasteiger charge is -2.13. The highest BCUT2D eigenvalue weighted by Gasteiger charge is 2.18. The van der Waals surface area contributed by atoms with Crippen LogP contribution in [0.4, 0.5) is 0 Å². The van der Waals surface area contributed by atoms with Crippen LogP contribution >= 0.6 is 0 Å². The molecule has 1 aromatic rings. The standard InChI is InChI=1S/C11H14N2O3/c14-10-4-1-2-6-12(10)8-5-11(15)13-7-3-9-16-13/h1-2,4,6H,3,5,7-9H2. The summed E-state index contributed by atoms with van der Waals surface area (Å²) in [5, 5.41) is 1.38. The van der Waals surface area contributed by atoms with E-state index in [-0.39, 0.29) is 11.5 Å². The number of pyridine rings is 1. The van der Waals surface area contributed by atoms with E-state index in [9.17, 15) is 9.59 Å². The number of nitrogens with zero attached hydrogens (tertiary/aromatic N) is 2. The molecular formula is C11H14N2O3. The van der Waals surface area contributed by atoms with Crippen LogP contribution in [0.25, 0.3) is 0 Å². The van der Waals surface area contributed by atoms with Crippen LogP contribution in [0.5, 0.6) is 0 Å². The summed E-state index contributed by atoms with van der Waals surface area (Å²) in [5.74, 6) is -0.0618. The Morgan fingerprint density at radius 3 is 3.00 bits per heavy atom. The van der Waals surface area contributed by atoms with Gasteiger partial charge in [-0.2, -0.15) is 0 Å². The van der Waals surface area contributed by atoms with E-state index in [1.54, 1.807) is 18.3 Å². The molecule has 86 valence electrons. The summed E-state index contributed by atoms with van der Waals surface area (Å²) in [5.41, 5.74) is -0.0855. The molecule has 0 N–H and O–H groups in total. The zero-order valence-corrected chi connectivity index (χ0v) is 8.96. The summed E-state index contributed by atoms with van der Waals surface area (Å²) >= 11 is 0. The molecule has 2 rings (SSSR count). The van der Waals surface area contributed by atoms with Gasteiger partial charge in [0, 0.05) is 25.2 Å². The van der Waals surface area contributed by atoms with Gasteiger partial charge in [-0.05, 0) is 12.5 Å². The van der Waals surface area contributed by atoms with E-state index in [0.717, 1.165) is 6.42 Å². The van der Waals surface area contributed by atoms with Gasteiger partial charge in [0.2, 0.25) is 5.91 Å². The van der Waals surface area contributed by atoms with Crippen LogP contribution in [-0.4, -0.2) is 28.7 Å². The van der Waals surface area contributed by atoms with Gasteiger partial charge in [-0.15, -0.1) is 0 Å². The highest BCUT2D eigenvalue weighted by molar-refractivity contribution is 5.75. The van der Waals surface area contributed by atoms with Crippen molar-refractivity contribution in [1.82, 2.24) is 9.63 Å². The second kappa shape index (κ2) is 4.94. The first-order valence-corrected chi connectivity index (χ1v) is 5.36. The first-order chi connectivity index (χ1) is 7.77. The summed E-state index contributed by atoms with van der Waals surface area (Å²) < 4.78 is 1.52. The zero-order valence-electron chi connectivity index (χ0n) is 8.96. The second-order valence-electron chi connectivity index (χ2n) is 3.66. The molecule has 5 heteroatoms. The highest BCUT2D eigenvalue weighted by Crippen LogP contribution is 2.06. The van der Waals surface area contributed by atoms with E-state index in [4.69, 9.17) is 4.84 Å². The number of hydrogen-bond donors (Lipinski definition) is 0. The fourth-order valence-electron chi connectivity index (χ4n) is 1.63. The van der Waals surface area contributed by atoms with Crippen LogP contribution in [0.3, 0.4) is 0 Å². The molecule has 0 unspecified atom stereocenters. The quantitative estimate of drug-likeness (QED) is 0.744. The van der Waals surface area contributed by atoms with Crippen LogP contribution in [0.15, 0.2) is 29.2 Å². The van der Waals surface area contributed by atoms with Crippen molar-refractivity contribution in [2.75, 3.05) is 13.2 Å². The number of carbonyl (C=O) groups excluding carboxylic acids is 1. The molecule has 0 radical (unpaired) electrons. The number of hydrogen-bond acceptors (Lipinski definition) is 3. The molecule has 1 fully saturated rings. The molecule has 1 aromatic heterocycles. The van der Waals surface area contributed by atoms with Gasteiger partial charge < -0.3 is 4.57 Å². The van der Waals surface area contributed by atoms with E-state index >= 15 is 0 Å². The highest BCUT2D eigenvalue weighted by atomic mass is 16.7. The first-order valence-electron chi connectivity index (χ1n) is 5.36. The SMILES string of the molecule is O=C(CCn1ccccc1=O)N1CCCO1. The van der Waals surface area contributed by atoms with Crippen molar-refractivity contribution in [3.05, 3.63) is 34.7 Å². The molecule has 1 aliphatic rings. The molecule has 0 bridgehead atoms. The number of aromatic nitrogens is 1. The van der Waals surface area contributed by atoms with Crippen LogP contribution in [0, 0.1) is 0 Å². The molecule has 1 amide bonds. The predicted molar refractivity (Wildman–Crippen MR) is 57.6 cm³/mol. The van der Waals surface area contributed by atoms with Gasteiger partial charge in [-0.25, -0.2) is 5.06 Å². The summed E-state index contributed by atoms with van der Waals surface area (Å²) in [4.78, 5) is 28.1. The average Bonchev–Trinajstić information content (AvgIpc) is 2.81. The Kier molecular flexibility index (Phi) is 3.36. The molecule has 0 aliphatic carbocycles. The van der Waals surface area contributed by atoms with Crippen molar-refractivity contribution in [1.29, 1.82) is 0 Å². The lowest BCUT2D eigenvalue weighted by atomic mass is 10.3. The van der Waals surface area contributed by atoms with Crippen LogP contribution in [0.1, 0.15) is 12.8 Å². The van der Waals surface area contributed by atoms with Crippen molar-refractivity contribution in [2.45, 2.75) is 19.4 Å². The maximum Gasteiger partial charge on any atom is 0.250 e. The first kappa shape index (κ1) is 10.9. The Labute approximate surface area is 93.2 Å². The van der Waals surface area contributed by atoms with Gasteiger partial charge in [-0.3, -0.25) is 14.4 Å². The molecule has 16 heavy (non-hydrogen) atoms. The summed E-state index contributed by atoms with van der Waals surface area (Å²) in [7, 11) is 0. The number of aryl methyl sites for hydroxylation is 1. The van der Waals surface area contributed by atoms with Gasteiger partial charge in [0.15, 0.2) is 0 Å². The van der Waals surface area contributed by atoms with E-state index in [1.165, 1.54) is 15.7 Å². The third-order valence-electron chi connectivity index (χ3n) is 2.50. The van der Waals surface area contributed by atoms with Gasteiger partial charge in [0.25, 0.3) is 5.56 Å². The molecule has 2 heterocycles. The minimum Gasteiger partial charge on any atom is -0.315 e. The van der Waals surface area contributed by atoms with Crippen molar-refractivity contribution in [3.63, 3.8) is 0 Å². The van der Waals surface area contributed by atoms with Crippen molar-refractivity contribution in [2.24, 2.45) is 0 Å². The fourth-order valence-corrected chi connectivity index (χ4v) is 1.63. The molecule has 0 aromatic carbocycles. The van der Waals surface area contributed by atoms with Crippen molar-refractivity contribution in [3.8, 4) is 0 Å². The van der Waals surface area contributed by atoms with Gasteiger partial charge in [-0.1, -0.05) is 6.07 Å². The van der Waals surface area contributed by atoms with Gasteiger partial charge in [0.05, 0.1) is 13.2 Å². The molecule has 5 nitrogen and oxygen atoms in total. The van der Waals surface area contributed by atoms with E-state index < -0.39 is 0 Å². The minimum atomic E-state index is -0.0855. The molecule has 1 saturated heterocycles. The maximum absolute atomic E-state index is 11.6. The lowest BCUT2D eigenvalue weighted by Crippen LogP contribution is -2.29. The van der Waals surface area contributed by atoms with Crippen LogP contribution in [0.2, 0.25) is 0 Å². The van der Waals surface area contributed by atoms with Gasteiger partial charge >= 0.3 is 0 Å². The van der Waals surface area contributed by atoms with Gasteiger partial charge in [0.1, 0.15) is 0 Å². The number of amides is 1. The second-order valence-corrected chi connectivity index (χ2v) is 3.66. The fraction of sp³-hybridized carbons (Fsp3) is 0.455. The number of rotatable bonds is 3. The zero-order chi connectivity index (χ0) is 11.4. The van der Waals surface area contributed by atoms with E-state index in [1.807, 2.05) is 0 Å². The third-order valence-corrected chi connectivity index (χ3v) is 2.50. The summed E-state index contributed by atoms with van der Waals surface area (Å²) in [6.07, 6.45) is 2.86. The Bertz CT molecular complexity index is 421. The Hall–Kier alpha value is -1.62. The molecule has 0 spiro atoms. The van der Waals surface area contributed by atoms with E-state index in [0.29, 0.717) is 26.1 Å². The monoisotopic (exact) mass is 222 g/mol. The molecular weight excluding hydrogens is 208 g/mol. The number of carbonyl (C=O) groups is 1. The van der Waals surface area contributed by atoms with Crippen LogP contribution in [-0.2, 0) is 16.2 Å². The smallest absolute Gasteiger partial charge is 0.250 e. The lowest BCUT2D eigenvalue weighted by molar-refractivity contribution is -0.168. The largest absolute Gasteiger partial charge is 0.315 e. The molecule has 1 aliphatic heterocycles. The number of hydroxylamine groups is 2. The van der Waals surface area contributed by atoms with E-state index in [2.05, 4.69) is 0 Å². The summed E-state index contributed by atoms with van der Waals surface area (Å²) in [6, 6.07) is 4.94. The molecule has 0 saturated carbocycles. The van der Waals surface area contributed by atoms with Crippen LogP contribution < -0.4 is 5.56 Å². The minimum absolute atomic E-state index is 0.0618. The van der Waals surface area contributed by atoms with Crippen molar-refractivity contribution >= 4 is 5.91 Å². The third kappa shape index (κ3) is 2.49. The Morgan fingerprint density at radius 1 is 1.44 bits per heavy atom. The maximum atomic E-state index is 11.6. The normalized spacial score (nSPS) is 15.4. The average molecular weight is 222 g/mol. The Balaban J connectivity index is 1.90. The Morgan fingerprint density at radius 2 is 2.31 bits per heavy atom.